The van der Waals surface area contributed by atoms with E-state index in [4.69, 9.17) is 14.2 Å². The number of fused-ring (bicyclic) bond motifs is 1. The Kier molecular flexibility index (Phi) is 4.71. The molecule has 2 saturated heterocycles. The highest BCUT2D eigenvalue weighted by atomic mass is 17.0. The van der Waals surface area contributed by atoms with Gasteiger partial charge in [-0.1, -0.05) is 18.2 Å². The van der Waals surface area contributed by atoms with Crippen LogP contribution in [0.3, 0.4) is 0 Å². The maximum absolute atomic E-state index is 10.4. The Morgan fingerprint density at radius 3 is 2.77 bits per heavy atom. The molecule has 8 nitrogen and oxygen atoms in total. The van der Waals surface area contributed by atoms with Crippen LogP contribution >= 0.6 is 0 Å². The Labute approximate surface area is 127 Å². The summed E-state index contributed by atoms with van der Waals surface area (Å²) in [6.45, 7) is 1.77. The summed E-state index contributed by atoms with van der Waals surface area (Å²) in [7, 11) is 0. The number of ether oxygens (including phenoxy) is 3. The van der Waals surface area contributed by atoms with Crippen molar-refractivity contribution < 1.29 is 24.1 Å². The van der Waals surface area contributed by atoms with E-state index >= 15 is 0 Å². The van der Waals surface area contributed by atoms with Gasteiger partial charge in [0.2, 0.25) is 0 Å². The largest absolute Gasteiger partial charge is 0.492 e. The zero-order valence-corrected chi connectivity index (χ0v) is 11.9. The summed E-state index contributed by atoms with van der Waals surface area (Å²) in [5.41, 5.74) is 0. The first-order valence-corrected chi connectivity index (χ1v) is 7.19. The van der Waals surface area contributed by atoms with E-state index in [9.17, 15) is 10.1 Å². The quantitative estimate of drug-likeness (QED) is 0.442. The number of hydrogen-bond donors (Lipinski definition) is 1. The summed E-state index contributed by atoms with van der Waals surface area (Å²) in [5, 5.41) is 12.9. The molecule has 0 bridgehead atoms. The van der Waals surface area contributed by atoms with Crippen LogP contribution < -0.4 is 10.1 Å². The van der Waals surface area contributed by atoms with Gasteiger partial charge in [0.05, 0.1) is 19.3 Å². The number of para-hydroxylation sites is 1. The second-order valence-electron chi connectivity index (χ2n) is 5.19. The minimum absolute atomic E-state index is 0.00951. The molecule has 120 valence electrons. The molecule has 1 aromatic carbocycles. The van der Waals surface area contributed by atoms with Crippen molar-refractivity contribution >= 4 is 0 Å². The molecule has 2 heterocycles. The SMILES string of the molecule is O=[N+]([O-])O[C@H]1CO[C@H]2[C@@H]1OC[C@@H]2NCCOc1ccccc1. The Morgan fingerprint density at radius 1 is 1.23 bits per heavy atom. The van der Waals surface area contributed by atoms with E-state index in [0.29, 0.717) is 19.8 Å². The number of nitrogens with one attached hydrogen (secondary N) is 1. The number of rotatable bonds is 7. The molecule has 1 N–H and O–H groups in total. The van der Waals surface area contributed by atoms with Crippen molar-refractivity contribution in [1.82, 2.24) is 5.32 Å². The van der Waals surface area contributed by atoms with Gasteiger partial charge >= 0.3 is 0 Å². The molecule has 0 radical (unpaired) electrons. The van der Waals surface area contributed by atoms with Gasteiger partial charge < -0.3 is 24.4 Å². The predicted octanol–water partition coefficient (Wildman–Crippen LogP) is 0.398. The van der Waals surface area contributed by atoms with Gasteiger partial charge in [0.25, 0.3) is 5.09 Å². The minimum atomic E-state index is -0.797. The summed E-state index contributed by atoms with van der Waals surface area (Å²) in [4.78, 5) is 15.0. The second-order valence-corrected chi connectivity index (χ2v) is 5.19. The highest BCUT2D eigenvalue weighted by Crippen LogP contribution is 2.28. The molecular formula is C14H18N2O6. The smallest absolute Gasteiger partial charge is 0.294 e. The van der Waals surface area contributed by atoms with E-state index in [1.807, 2.05) is 30.3 Å². The summed E-state index contributed by atoms with van der Waals surface area (Å²) in [5.74, 6) is 0.821. The minimum Gasteiger partial charge on any atom is -0.492 e. The fourth-order valence-electron chi connectivity index (χ4n) is 2.77. The van der Waals surface area contributed by atoms with Crippen LogP contribution in [-0.2, 0) is 14.3 Å². The molecule has 0 aromatic heterocycles. The van der Waals surface area contributed by atoms with Crippen molar-refractivity contribution in [1.29, 1.82) is 0 Å². The molecule has 3 rings (SSSR count). The summed E-state index contributed by atoms with van der Waals surface area (Å²) in [6.07, 6.45) is -1.26. The zero-order chi connectivity index (χ0) is 15.4. The second kappa shape index (κ2) is 6.91. The van der Waals surface area contributed by atoms with Crippen LogP contribution in [0.25, 0.3) is 0 Å². The lowest BCUT2D eigenvalue weighted by atomic mass is 10.1. The van der Waals surface area contributed by atoms with Gasteiger partial charge in [-0.15, -0.1) is 10.1 Å². The summed E-state index contributed by atoms with van der Waals surface area (Å²) < 4.78 is 16.7. The highest BCUT2D eigenvalue weighted by molar-refractivity contribution is 5.20. The topological polar surface area (TPSA) is 92.1 Å². The lowest BCUT2D eigenvalue weighted by Gasteiger charge is -2.17. The first kappa shape index (κ1) is 15.0. The molecule has 2 fully saturated rings. The molecule has 0 amide bonds. The molecular weight excluding hydrogens is 292 g/mol. The number of nitrogens with zero attached hydrogens (tertiary/aromatic N) is 1. The molecule has 1 aromatic rings. The normalized spacial score (nSPS) is 30.0. The third-order valence-electron chi connectivity index (χ3n) is 3.75. The fourth-order valence-corrected chi connectivity index (χ4v) is 2.77. The standard InChI is InChI=1S/C14H18N2O6/c17-16(18)22-12-9-21-13-11(8-20-14(12)13)15-6-7-19-10-4-2-1-3-5-10/h1-5,11-15H,6-9H2/t11-,12-,13+,14+/m0/s1. The van der Waals surface area contributed by atoms with Crippen molar-refractivity contribution in [3.63, 3.8) is 0 Å². The molecule has 2 aliphatic rings. The van der Waals surface area contributed by atoms with Crippen molar-refractivity contribution in [3.8, 4) is 5.75 Å². The maximum Gasteiger partial charge on any atom is 0.294 e. The van der Waals surface area contributed by atoms with Crippen LogP contribution in [0.4, 0.5) is 0 Å². The third kappa shape index (κ3) is 3.46. The average molecular weight is 310 g/mol. The van der Waals surface area contributed by atoms with Crippen molar-refractivity contribution in [2.75, 3.05) is 26.4 Å². The van der Waals surface area contributed by atoms with E-state index in [1.165, 1.54) is 0 Å². The summed E-state index contributed by atoms with van der Waals surface area (Å²) >= 11 is 0. The molecule has 22 heavy (non-hydrogen) atoms. The molecule has 4 atom stereocenters. The molecule has 8 heteroatoms. The van der Waals surface area contributed by atoms with E-state index in [2.05, 4.69) is 10.2 Å². The van der Waals surface area contributed by atoms with Crippen molar-refractivity contribution in [2.24, 2.45) is 0 Å². The van der Waals surface area contributed by atoms with Gasteiger partial charge in [0, 0.05) is 6.54 Å². The van der Waals surface area contributed by atoms with Gasteiger partial charge in [-0.2, -0.15) is 0 Å². The molecule has 0 unspecified atom stereocenters. The Hall–Kier alpha value is -1.90. The van der Waals surface area contributed by atoms with Crippen LogP contribution in [-0.4, -0.2) is 55.8 Å². The van der Waals surface area contributed by atoms with Gasteiger partial charge in [-0.25, -0.2) is 0 Å². The molecule has 2 aliphatic heterocycles. The van der Waals surface area contributed by atoms with E-state index in [0.717, 1.165) is 5.75 Å². The van der Waals surface area contributed by atoms with Gasteiger partial charge in [0.1, 0.15) is 24.6 Å². The van der Waals surface area contributed by atoms with Crippen LogP contribution in [0, 0.1) is 10.1 Å². The average Bonchev–Trinajstić information content (AvgIpc) is 3.08. The van der Waals surface area contributed by atoms with Crippen LogP contribution in [0.2, 0.25) is 0 Å². The number of benzene rings is 1. The highest BCUT2D eigenvalue weighted by Gasteiger charge is 2.49. The monoisotopic (exact) mass is 310 g/mol. The van der Waals surface area contributed by atoms with Gasteiger partial charge in [0.15, 0.2) is 6.10 Å². The Morgan fingerprint density at radius 2 is 2.00 bits per heavy atom. The van der Waals surface area contributed by atoms with Crippen LogP contribution in [0.15, 0.2) is 30.3 Å². The van der Waals surface area contributed by atoms with Gasteiger partial charge in [-0.05, 0) is 12.1 Å². The Bertz CT molecular complexity index is 499. The van der Waals surface area contributed by atoms with Crippen LogP contribution in [0.5, 0.6) is 5.75 Å². The molecule has 0 saturated carbocycles. The van der Waals surface area contributed by atoms with E-state index < -0.39 is 17.3 Å². The first-order valence-electron chi connectivity index (χ1n) is 7.19. The lowest BCUT2D eigenvalue weighted by molar-refractivity contribution is -0.769. The predicted molar refractivity (Wildman–Crippen MR) is 75.1 cm³/mol. The fraction of sp³-hybridized carbons (Fsp3) is 0.571. The van der Waals surface area contributed by atoms with Crippen molar-refractivity contribution in [3.05, 3.63) is 40.4 Å². The third-order valence-corrected chi connectivity index (χ3v) is 3.75. The molecule has 0 spiro atoms. The zero-order valence-electron chi connectivity index (χ0n) is 11.9. The maximum atomic E-state index is 10.4. The van der Waals surface area contributed by atoms with Gasteiger partial charge in [-0.3, -0.25) is 0 Å². The summed E-state index contributed by atoms with van der Waals surface area (Å²) in [6, 6.07) is 9.55. The van der Waals surface area contributed by atoms with E-state index in [1.54, 1.807) is 0 Å². The number of hydrogen-bond acceptors (Lipinski definition) is 7. The molecule has 0 aliphatic carbocycles. The Balaban J connectivity index is 1.40. The first-order chi connectivity index (χ1) is 10.7. The van der Waals surface area contributed by atoms with E-state index in [-0.39, 0.29) is 18.8 Å². The van der Waals surface area contributed by atoms with Crippen molar-refractivity contribution in [2.45, 2.75) is 24.4 Å². The lowest BCUT2D eigenvalue weighted by Crippen LogP contribution is -2.43. The van der Waals surface area contributed by atoms with Crippen LogP contribution in [0.1, 0.15) is 0 Å².